The molecule has 1 aromatic carbocycles. The van der Waals surface area contributed by atoms with E-state index in [4.69, 9.17) is 0 Å². The minimum absolute atomic E-state index is 0.101. The second kappa shape index (κ2) is 7.67. The topological polar surface area (TPSA) is 49.3 Å². The molecule has 0 saturated heterocycles. The van der Waals surface area contributed by atoms with Crippen molar-refractivity contribution in [2.24, 2.45) is 0 Å². The van der Waals surface area contributed by atoms with Gasteiger partial charge in [-0.1, -0.05) is 6.07 Å². The largest absolute Gasteiger partial charge is 0.387 e. The molecular weight excluding hydrogens is 272 g/mol. The first-order chi connectivity index (χ1) is 8.90. The van der Waals surface area contributed by atoms with E-state index in [-0.39, 0.29) is 12.6 Å². The maximum absolute atomic E-state index is 13.0. The van der Waals surface area contributed by atoms with Gasteiger partial charge < -0.3 is 10.4 Å². The Balaban J connectivity index is 2.44. The fourth-order valence-electron chi connectivity index (χ4n) is 1.60. The van der Waals surface area contributed by atoms with Gasteiger partial charge in [0.15, 0.2) is 11.6 Å². The number of hydrogen-bond acceptors (Lipinski definition) is 3. The average Bonchev–Trinajstić information content (AvgIpc) is 2.36. The first-order valence-corrected chi connectivity index (χ1v) is 7.79. The zero-order chi connectivity index (χ0) is 14.4. The summed E-state index contributed by atoms with van der Waals surface area (Å²) in [6.45, 7) is 2.16. The Labute approximate surface area is 114 Å². The fraction of sp³-hybridized carbons (Fsp3) is 0.538. The molecule has 0 saturated carbocycles. The number of halogens is 2. The van der Waals surface area contributed by atoms with Crippen molar-refractivity contribution in [2.45, 2.75) is 25.5 Å². The van der Waals surface area contributed by atoms with Gasteiger partial charge in [-0.15, -0.1) is 0 Å². The first kappa shape index (κ1) is 16.2. The third-order valence-electron chi connectivity index (χ3n) is 2.83. The number of rotatable bonds is 7. The van der Waals surface area contributed by atoms with Crippen molar-refractivity contribution in [2.75, 3.05) is 18.6 Å². The molecule has 3 unspecified atom stereocenters. The quantitative estimate of drug-likeness (QED) is 0.804. The predicted octanol–water partition coefficient (Wildman–Crippen LogP) is 1.74. The van der Waals surface area contributed by atoms with Crippen LogP contribution in [0.25, 0.3) is 0 Å². The molecule has 2 N–H and O–H groups in total. The summed E-state index contributed by atoms with van der Waals surface area (Å²) in [5.74, 6) is -1.30. The summed E-state index contributed by atoms with van der Waals surface area (Å²) < 4.78 is 36.7. The van der Waals surface area contributed by atoms with E-state index in [0.29, 0.717) is 11.3 Å². The van der Waals surface area contributed by atoms with Crippen LogP contribution >= 0.6 is 0 Å². The van der Waals surface area contributed by atoms with Gasteiger partial charge in [0.1, 0.15) is 0 Å². The highest BCUT2D eigenvalue weighted by molar-refractivity contribution is 7.84. The Kier molecular flexibility index (Phi) is 6.54. The summed E-state index contributed by atoms with van der Waals surface area (Å²) in [6.07, 6.45) is 1.47. The second-order valence-electron chi connectivity index (χ2n) is 4.56. The van der Waals surface area contributed by atoms with Crippen molar-refractivity contribution < 1.29 is 18.1 Å². The monoisotopic (exact) mass is 291 g/mol. The number of aliphatic hydroxyl groups excluding tert-OH is 1. The van der Waals surface area contributed by atoms with E-state index in [2.05, 4.69) is 5.32 Å². The van der Waals surface area contributed by atoms with Gasteiger partial charge >= 0.3 is 0 Å². The second-order valence-corrected chi connectivity index (χ2v) is 6.12. The van der Waals surface area contributed by atoms with Gasteiger partial charge in [0.25, 0.3) is 0 Å². The average molecular weight is 291 g/mol. The molecule has 0 amide bonds. The Bertz CT molecular complexity index is 443. The normalized spacial score (nSPS) is 16.1. The Morgan fingerprint density at radius 2 is 2.05 bits per heavy atom. The number of nitrogens with one attached hydrogen (secondary N) is 1. The molecule has 108 valence electrons. The molecule has 0 aromatic heterocycles. The van der Waals surface area contributed by atoms with Crippen LogP contribution in [-0.4, -0.2) is 33.9 Å². The zero-order valence-corrected chi connectivity index (χ0v) is 11.8. The van der Waals surface area contributed by atoms with E-state index in [0.717, 1.165) is 18.6 Å². The van der Waals surface area contributed by atoms with E-state index < -0.39 is 28.5 Å². The maximum atomic E-state index is 13.0. The van der Waals surface area contributed by atoms with Crippen LogP contribution in [0.1, 0.15) is 25.0 Å². The third-order valence-corrected chi connectivity index (χ3v) is 3.64. The lowest BCUT2D eigenvalue weighted by molar-refractivity contribution is 0.170. The highest BCUT2D eigenvalue weighted by atomic mass is 32.2. The van der Waals surface area contributed by atoms with Gasteiger partial charge in [-0.25, -0.2) is 8.78 Å². The van der Waals surface area contributed by atoms with Crippen LogP contribution < -0.4 is 5.32 Å². The molecule has 0 spiro atoms. The standard InChI is InChI=1S/C13H19F2NO2S/c1-9(5-6-19(2)18)16-8-13(17)10-3-4-11(14)12(15)7-10/h3-4,7,9,13,16-17H,5-6,8H2,1-2H3. The van der Waals surface area contributed by atoms with Crippen LogP contribution in [-0.2, 0) is 10.8 Å². The summed E-state index contributed by atoms with van der Waals surface area (Å²) in [5, 5.41) is 12.9. The van der Waals surface area contributed by atoms with Crippen LogP contribution in [0.4, 0.5) is 8.78 Å². The van der Waals surface area contributed by atoms with Crippen molar-refractivity contribution in [1.29, 1.82) is 0 Å². The van der Waals surface area contributed by atoms with E-state index >= 15 is 0 Å². The molecule has 6 heteroatoms. The van der Waals surface area contributed by atoms with Gasteiger partial charge in [0, 0.05) is 35.4 Å². The number of benzene rings is 1. The van der Waals surface area contributed by atoms with Crippen LogP contribution in [0.3, 0.4) is 0 Å². The Morgan fingerprint density at radius 1 is 1.37 bits per heavy atom. The minimum Gasteiger partial charge on any atom is -0.387 e. The summed E-state index contributed by atoms with van der Waals surface area (Å²) in [4.78, 5) is 0. The van der Waals surface area contributed by atoms with Crippen molar-refractivity contribution in [1.82, 2.24) is 5.32 Å². The molecule has 1 rings (SSSR count). The van der Waals surface area contributed by atoms with Gasteiger partial charge in [0.2, 0.25) is 0 Å². The Morgan fingerprint density at radius 3 is 2.63 bits per heavy atom. The van der Waals surface area contributed by atoms with Crippen LogP contribution in [0, 0.1) is 11.6 Å². The van der Waals surface area contributed by atoms with Crippen LogP contribution in [0.2, 0.25) is 0 Å². The first-order valence-electron chi connectivity index (χ1n) is 6.06. The van der Waals surface area contributed by atoms with Gasteiger partial charge in [-0.3, -0.25) is 4.21 Å². The van der Waals surface area contributed by atoms with E-state index in [1.165, 1.54) is 6.07 Å². The van der Waals surface area contributed by atoms with Gasteiger partial charge in [0.05, 0.1) is 6.10 Å². The van der Waals surface area contributed by atoms with E-state index in [9.17, 15) is 18.1 Å². The molecule has 0 fully saturated rings. The number of hydrogen-bond donors (Lipinski definition) is 2. The molecule has 19 heavy (non-hydrogen) atoms. The van der Waals surface area contributed by atoms with Crippen LogP contribution in [0.5, 0.6) is 0 Å². The zero-order valence-electron chi connectivity index (χ0n) is 11.0. The molecule has 0 aliphatic rings. The lowest BCUT2D eigenvalue weighted by Gasteiger charge is -2.17. The molecule has 3 nitrogen and oxygen atoms in total. The van der Waals surface area contributed by atoms with E-state index in [1.54, 1.807) is 6.26 Å². The summed E-state index contributed by atoms with van der Waals surface area (Å²) >= 11 is 0. The Hall–Kier alpha value is -0.850. The van der Waals surface area contributed by atoms with Crippen molar-refractivity contribution in [3.05, 3.63) is 35.4 Å². The lowest BCUT2D eigenvalue weighted by Crippen LogP contribution is -2.31. The van der Waals surface area contributed by atoms with Crippen molar-refractivity contribution >= 4 is 10.8 Å². The van der Waals surface area contributed by atoms with Gasteiger partial charge in [-0.2, -0.15) is 0 Å². The molecule has 1 aromatic rings. The highest BCUT2D eigenvalue weighted by Crippen LogP contribution is 2.15. The van der Waals surface area contributed by atoms with E-state index in [1.807, 2.05) is 6.92 Å². The smallest absolute Gasteiger partial charge is 0.159 e. The summed E-state index contributed by atoms with van der Waals surface area (Å²) in [6, 6.07) is 3.45. The fourth-order valence-corrected chi connectivity index (χ4v) is 2.28. The highest BCUT2D eigenvalue weighted by Gasteiger charge is 2.12. The minimum atomic E-state index is -0.967. The molecule has 3 atom stereocenters. The molecular formula is C13H19F2NO2S. The molecule has 0 radical (unpaired) electrons. The molecule has 0 aliphatic carbocycles. The lowest BCUT2D eigenvalue weighted by atomic mass is 10.1. The molecule has 0 heterocycles. The predicted molar refractivity (Wildman–Crippen MR) is 72.3 cm³/mol. The summed E-state index contributed by atoms with van der Waals surface area (Å²) in [7, 11) is -0.836. The maximum Gasteiger partial charge on any atom is 0.159 e. The van der Waals surface area contributed by atoms with Crippen LogP contribution in [0.15, 0.2) is 18.2 Å². The molecule has 0 bridgehead atoms. The SMILES string of the molecule is CC(CCS(C)=O)NCC(O)c1ccc(F)c(F)c1. The number of aliphatic hydroxyl groups is 1. The van der Waals surface area contributed by atoms with Gasteiger partial charge in [-0.05, 0) is 31.0 Å². The van der Waals surface area contributed by atoms with Crippen molar-refractivity contribution in [3.63, 3.8) is 0 Å². The van der Waals surface area contributed by atoms with Crippen molar-refractivity contribution in [3.8, 4) is 0 Å². The molecule has 0 aliphatic heterocycles. The summed E-state index contributed by atoms with van der Waals surface area (Å²) in [5.41, 5.74) is 0.331. The third kappa shape index (κ3) is 5.76.